The maximum atomic E-state index is 11.3. The van der Waals surface area contributed by atoms with E-state index in [2.05, 4.69) is 123 Å². The summed E-state index contributed by atoms with van der Waals surface area (Å²) in [7, 11) is -1.29. The first-order valence-corrected chi connectivity index (χ1v) is 26.6. The summed E-state index contributed by atoms with van der Waals surface area (Å²) in [5.74, 6) is 10.4. The monoisotopic (exact) mass is 1040 g/mol. The van der Waals surface area contributed by atoms with Gasteiger partial charge in [0.15, 0.2) is 58.2 Å². The van der Waals surface area contributed by atoms with Crippen LogP contribution in [0, 0.1) is 13.8 Å². The number of halogens is 1. The zero-order chi connectivity index (χ0) is 52.8. The van der Waals surface area contributed by atoms with Crippen LogP contribution in [0.15, 0.2) is 74.0 Å². The molecule has 10 heterocycles. The zero-order valence-electron chi connectivity index (χ0n) is 43.6. The minimum absolute atomic E-state index is 0.197. The van der Waals surface area contributed by atoms with Gasteiger partial charge in [-0.25, -0.2) is 23.1 Å². The fraction of sp³-hybridized carbons (Fsp3) is 0.449. The van der Waals surface area contributed by atoms with Gasteiger partial charge in [0.1, 0.15) is 9.84 Å². The fourth-order valence-electron chi connectivity index (χ4n) is 7.87. The van der Waals surface area contributed by atoms with Crippen LogP contribution in [0.4, 0.5) is 0 Å². The van der Waals surface area contributed by atoms with E-state index < -0.39 is 9.84 Å². The third kappa shape index (κ3) is 12.5. The van der Waals surface area contributed by atoms with Gasteiger partial charge in [-0.05, 0) is 53.2 Å². The van der Waals surface area contributed by atoms with Crippen molar-refractivity contribution in [2.75, 3.05) is 18.6 Å². The number of rotatable bonds is 9. The zero-order valence-corrected chi connectivity index (χ0v) is 45.2. The Hall–Kier alpha value is -7.47. The molecule has 2 aromatic carbocycles. The van der Waals surface area contributed by atoms with Crippen LogP contribution >= 0.6 is 11.6 Å². The molecule has 0 radical (unpaired) electrons. The lowest BCUT2D eigenvalue weighted by Crippen LogP contribution is -2.10. The standard InChI is InChI=1S/C13H13ClN4.C12H12N4.C10H16N4O2S.C8H12N4.C6H8N4O/c1-8(2)13-15-12-7-11(16-18(12)17-13)9-5-3-4-6-10(9)14;1-8-4-3-5-10(6-8)12-14-13-11-7-9(2)15-16(11)12;1-3-17(15,16)6-4-5-9-11-12-10-7-8(2)13-14(9)10;1-5(2)8-9-7-4-6(3)10-12(7)11-8;1-4-7-8-5-3-6(11-2)9-10(4)5/h3-6,8H,7H2,1-2H3;3-6H,7H2,1-2H3;3-7H2,1-2H3;5H,4H2,1-3H3;3H2,1-2H3. The highest BCUT2D eigenvalue weighted by Gasteiger charge is 2.24. The minimum Gasteiger partial charge on any atom is -0.483 e. The molecule has 5 aliphatic rings. The van der Waals surface area contributed by atoms with Crippen LogP contribution in [-0.2, 0) is 53.1 Å². The van der Waals surface area contributed by atoms with E-state index in [1.54, 1.807) is 33.0 Å². The van der Waals surface area contributed by atoms with Gasteiger partial charge >= 0.3 is 0 Å². The summed E-state index contributed by atoms with van der Waals surface area (Å²) < 4.78 is 32.9. The molecule has 25 heteroatoms. The normalized spacial score (nSPS) is 14.4. The summed E-state index contributed by atoms with van der Waals surface area (Å²) in [5.41, 5.74) is 7.34. The average Bonchev–Trinajstić information content (AvgIpc) is 4.21. The Morgan fingerprint density at radius 3 is 1.85 bits per heavy atom. The van der Waals surface area contributed by atoms with Crippen LogP contribution in [0.3, 0.4) is 0 Å². The maximum absolute atomic E-state index is 11.3. The first kappa shape index (κ1) is 52.8. The Morgan fingerprint density at radius 2 is 1.23 bits per heavy atom. The predicted octanol–water partition coefficient (Wildman–Crippen LogP) is 6.45. The number of benzene rings is 2. The summed E-state index contributed by atoms with van der Waals surface area (Å²) in [5, 5.41) is 55.0. The molecule has 5 aliphatic heterocycles. The minimum atomic E-state index is -2.89. The first-order chi connectivity index (χ1) is 35.4. The lowest BCUT2D eigenvalue weighted by molar-refractivity contribution is 0.394. The third-order valence-corrected chi connectivity index (χ3v) is 13.9. The predicted molar refractivity (Wildman–Crippen MR) is 283 cm³/mol. The van der Waals surface area contributed by atoms with Crippen molar-refractivity contribution in [1.29, 1.82) is 0 Å². The summed E-state index contributed by atoms with van der Waals surface area (Å²) >= 11 is 6.16. The molecule has 0 aliphatic carbocycles. The van der Waals surface area contributed by atoms with Crippen LogP contribution in [-0.4, -0.2) is 130 Å². The molecule has 0 fully saturated rings. The molecule has 7 aromatic rings. The van der Waals surface area contributed by atoms with Crippen molar-refractivity contribution in [3.05, 3.63) is 117 Å². The van der Waals surface area contributed by atoms with Crippen LogP contribution in [0.1, 0.15) is 137 Å². The van der Waals surface area contributed by atoms with Crippen molar-refractivity contribution in [3.63, 3.8) is 0 Å². The number of aryl methyl sites for hydroxylation is 3. The second-order valence-corrected chi connectivity index (χ2v) is 21.6. The number of methoxy groups -OCH3 is 1. The quantitative estimate of drug-likeness (QED) is 0.151. The van der Waals surface area contributed by atoms with Crippen LogP contribution in [0.5, 0.6) is 0 Å². The second kappa shape index (κ2) is 22.7. The van der Waals surface area contributed by atoms with Crippen molar-refractivity contribution in [3.8, 4) is 11.4 Å². The van der Waals surface area contributed by atoms with E-state index in [-0.39, 0.29) is 11.5 Å². The van der Waals surface area contributed by atoms with E-state index in [0.717, 1.165) is 111 Å². The van der Waals surface area contributed by atoms with Crippen molar-refractivity contribution >= 4 is 50.2 Å². The molecule has 23 nitrogen and oxygen atoms in total. The second-order valence-electron chi connectivity index (χ2n) is 18.8. The van der Waals surface area contributed by atoms with Crippen LogP contribution < -0.4 is 0 Å². The molecule has 388 valence electrons. The van der Waals surface area contributed by atoms with Gasteiger partial charge in [0.25, 0.3) is 0 Å². The Labute approximate surface area is 434 Å². The molecule has 0 spiro atoms. The average molecular weight is 1050 g/mol. The Balaban J connectivity index is 0.000000125. The molecule has 0 saturated heterocycles. The first-order valence-electron chi connectivity index (χ1n) is 24.4. The molecule has 0 N–H and O–H groups in total. The number of fused-ring (bicyclic) bond motifs is 5. The molecule has 0 atom stereocenters. The van der Waals surface area contributed by atoms with E-state index in [9.17, 15) is 8.42 Å². The number of hydrogen-bond donors (Lipinski definition) is 0. The van der Waals surface area contributed by atoms with E-state index in [1.165, 1.54) is 5.56 Å². The number of nitrogens with zero attached hydrogens (tertiary/aromatic N) is 20. The summed E-state index contributed by atoms with van der Waals surface area (Å²) in [4.78, 5) is 12.1. The smallest absolute Gasteiger partial charge is 0.214 e. The SMILES string of the molecule is CC(C)c1nc2n(n1)N=C(c1ccccc1Cl)C2.CC1=Nn2c(nnc2-c2cccc(C)c2)C1.CC1=Nn2nc(C(C)C)nc2C1.CCS(=O)(=O)CCCc1nnc2n1N=C(C)C2.COC1=Nn2c(C)nnc2C1. The Morgan fingerprint density at radius 1 is 0.635 bits per heavy atom. The molecule has 0 amide bonds. The summed E-state index contributed by atoms with van der Waals surface area (Å²) in [6.07, 6.45) is 4.89. The highest BCUT2D eigenvalue weighted by Crippen LogP contribution is 2.24. The highest BCUT2D eigenvalue weighted by molar-refractivity contribution is 7.91. The van der Waals surface area contributed by atoms with Gasteiger partial charge in [-0.1, -0.05) is 88.2 Å². The highest BCUT2D eigenvalue weighted by atomic mass is 35.5. The van der Waals surface area contributed by atoms with Gasteiger partial charge in [-0.3, -0.25) is 0 Å². The van der Waals surface area contributed by atoms with Gasteiger partial charge in [0, 0.05) is 76.6 Å². The van der Waals surface area contributed by atoms with Crippen molar-refractivity contribution < 1.29 is 13.2 Å². The van der Waals surface area contributed by atoms with Gasteiger partial charge in [-0.15, -0.1) is 55.5 Å². The maximum Gasteiger partial charge on any atom is 0.214 e. The number of ether oxygens (including phenoxy) is 1. The number of aromatic nitrogens is 15. The molecule has 0 unspecified atom stereocenters. The largest absolute Gasteiger partial charge is 0.483 e. The Bertz CT molecular complexity index is 3440. The number of hydrogen-bond acceptors (Lipinski definition) is 18. The number of sulfone groups is 1. The van der Waals surface area contributed by atoms with Gasteiger partial charge in [0.05, 0.1) is 31.4 Å². The van der Waals surface area contributed by atoms with E-state index >= 15 is 0 Å². The lowest BCUT2D eigenvalue weighted by atomic mass is 10.1. The van der Waals surface area contributed by atoms with E-state index in [4.69, 9.17) is 16.3 Å². The van der Waals surface area contributed by atoms with Crippen LogP contribution in [0.2, 0.25) is 5.02 Å². The Kier molecular flexibility index (Phi) is 16.2. The van der Waals surface area contributed by atoms with Crippen molar-refractivity contribution in [1.82, 2.24) is 74.4 Å². The topological polar surface area (TPSA) is 259 Å². The summed E-state index contributed by atoms with van der Waals surface area (Å²) in [6.45, 7) is 19.9. The molecule has 74 heavy (non-hydrogen) atoms. The fourth-order valence-corrected chi connectivity index (χ4v) is 8.99. The van der Waals surface area contributed by atoms with Crippen LogP contribution in [0.25, 0.3) is 11.4 Å². The van der Waals surface area contributed by atoms with Gasteiger partial charge < -0.3 is 4.74 Å². The molecule has 0 bridgehead atoms. The molecule has 12 rings (SSSR count). The van der Waals surface area contributed by atoms with Gasteiger partial charge in [0.2, 0.25) is 5.90 Å². The van der Waals surface area contributed by atoms with E-state index in [1.807, 2.05) is 68.8 Å². The van der Waals surface area contributed by atoms with Crippen molar-refractivity contribution in [2.24, 2.45) is 25.5 Å². The van der Waals surface area contributed by atoms with E-state index in [0.29, 0.717) is 48.4 Å². The summed E-state index contributed by atoms with van der Waals surface area (Å²) in [6, 6.07) is 15.9. The molecule has 5 aromatic heterocycles. The molecular weight excluding hydrogens is 984 g/mol. The van der Waals surface area contributed by atoms with Gasteiger partial charge in [-0.2, -0.15) is 29.8 Å². The molecular formula is C49H61ClN20O3S. The third-order valence-electron chi connectivity index (χ3n) is 11.8. The molecule has 0 saturated carbocycles. The lowest BCUT2D eigenvalue weighted by Gasteiger charge is -2.01. The van der Waals surface area contributed by atoms with Crippen molar-refractivity contribution in [2.45, 2.75) is 126 Å².